The fourth-order valence-electron chi connectivity index (χ4n) is 1.42. The molecule has 1 aromatic carbocycles. The topological polar surface area (TPSA) is 54.9 Å². The van der Waals surface area contributed by atoms with Gasteiger partial charge in [-0.05, 0) is 24.3 Å². The van der Waals surface area contributed by atoms with Crippen molar-refractivity contribution in [3.63, 3.8) is 0 Å². The van der Waals surface area contributed by atoms with Crippen LogP contribution in [0.2, 0.25) is 0 Å². The first-order chi connectivity index (χ1) is 9.38. The lowest BCUT2D eigenvalue weighted by atomic mass is 10.1. The van der Waals surface area contributed by atoms with Crippen molar-refractivity contribution in [3.8, 4) is 0 Å². The van der Waals surface area contributed by atoms with E-state index in [0.717, 1.165) is 6.07 Å². The fourth-order valence-corrected chi connectivity index (χ4v) is 1.42. The van der Waals surface area contributed by atoms with Crippen molar-refractivity contribution < 1.29 is 22.4 Å². The van der Waals surface area contributed by atoms with Crippen LogP contribution in [0.4, 0.5) is 23.5 Å². The Morgan fingerprint density at radius 1 is 1.15 bits per heavy atom. The van der Waals surface area contributed by atoms with E-state index in [-0.39, 0.29) is 11.5 Å². The zero-order valence-corrected chi connectivity index (χ0v) is 9.78. The predicted molar refractivity (Wildman–Crippen MR) is 61.4 cm³/mol. The van der Waals surface area contributed by atoms with E-state index in [0.29, 0.717) is 12.1 Å². The quantitative estimate of drug-likeness (QED) is 0.863. The molecule has 0 saturated heterocycles. The SMILES string of the molecule is O=C(Nc1ncccn1)c1ccc(F)c(C(F)(F)F)c1. The lowest BCUT2D eigenvalue weighted by molar-refractivity contribution is -0.140. The molecule has 1 heterocycles. The number of halogens is 4. The van der Waals surface area contributed by atoms with E-state index in [1.165, 1.54) is 18.5 Å². The Morgan fingerprint density at radius 3 is 2.40 bits per heavy atom. The van der Waals surface area contributed by atoms with Gasteiger partial charge in [-0.3, -0.25) is 10.1 Å². The van der Waals surface area contributed by atoms with Crippen molar-refractivity contribution in [1.29, 1.82) is 0 Å². The van der Waals surface area contributed by atoms with Crippen molar-refractivity contribution in [3.05, 3.63) is 53.6 Å². The van der Waals surface area contributed by atoms with Crippen molar-refractivity contribution >= 4 is 11.9 Å². The zero-order valence-electron chi connectivity index (χ0n) is 9.78. The summed E-state index contributed by atoms with van der Waals surface area (Å²) in [5.74, 6) is -2.36. The standard InChI is InChI=1S/C12H7F4N3O/c13-9-3-2-7(6-8(9)12(14,15)16)10(20)19-11-17-4-1-5-18-11/h1-6H,(H,17,18,19,20). The van der Waals surface area contributed by atoms with E-state index >= 15 is 0 Å². The fraction of sp³-hybridized carbons (Fsp3) is 0.0833. The third-order valence-corrected chi connectivity index (χ3v) is 2.33. The summed E-state index contributed by atoms with van der Waals surface area (Å²) in [5.41, 5.74) is -1.84. The molecule has 1 amide bonds. The highest BCUT2D eigenvalue weighted by Crippen LogP contribution is 2.31. The maximum atomic E-state index is 13.1. The number of anilines is 1. The molecule has 0 fully saturated rings. The number of amides is 1. The molecule has 0 bridgehead atoms. The van der Waals surface area contributed by atoms with Crippen LogP contribution in [-0.4, -0.2) is 15.9 Å². The molecule has 4 nitrogen and oxygen atoms in total. The molecule has 0 atom stereocenters. The highest BCUT2D eigenvalue weighted by Gasteiger charge is 2.34. The van der Waals surface area contributed by atoms with Crippen LogP contribution in [0.3, 0.4) is 0 Å². The number of carbonyl (C=O) groups is 1. The minimum Gasteiger partial charge on any atom is -0.290 e. The molecule has 8 heteroatoms. The maximum Gasteiger partial charge on any atom is 0.419 e. The van der Waals surface area contributed by atoms with E-state index in [2.05, 4.69) is 15.3 Å². The summed E-state index contributed by atoms with van der Waals surface area (Å²) in [6.45, 7) is 0. The van der Waals surface area contributed by atoms with Gasteiger partial charge in [0.15, 0.2) is 0 Å². The van der Waals surface area contributed by atoms with Crippen LogP contribution in [0.25, 0.3) is 0 Å². The van der Waals surface area contributed by atoms with E-state index in [1.54, 1.807) is 0 Å². The second-order valence-electron chi connectivity index (χ2n) is 3.72. The summed E-state index contributed by atoms with van der Waals surface area (Å²) in [5, 5.41) is 2.21. The first-order valence-corrected chi connectivity index (χ1v) is 5.33. The molecule has 2 rings (SSSR count). The Balaban J connectivity index is 2.27. The van der Waals surface area contributed by atoms with Crippen LogP contribution in [-0.2, 0) is 6.18 Å². The minimum absolute atomic E-state index is 0.0598. The Kier molecular flexibility index (Phi) is 3.64. The molecular weight excluding hydrogens is 278 g/mol. The Morgan fingerprint density at radius 2 is 1.80 bits per heavy atom. The number of hydrogen-bond acceptors (Lipinski definition) is 3. The molecule has 0 spiro atoms. The van der Waals surface area contributed by atoms with E-state index < -0.39 is 23.5 Å². The van der Waals surface area contributed by atoms with Crippen molar-refractivity contribution in [2.45, 2.75) is 6.18 Å². The minimum atomic E-state index is -4.87. The van der Waals surface area contributed by atoms with Crippen LogP contribution < -0.4 is 5.32 Å². The first-order valence-electron chi connectivity index (χ1n) is 5.33. The lowest BCUT2D eigenvalue weighted by Gasteiger charge is -2.09. The average molecular weight is 285 g/mol. The molecule has 0 aliphatic heterocycles. The van der Waals surface area contributed by atoms with E-state index in [4.69, 9.17) is 0 Å². The van der Waals surface area contributed by atoms with Gasteiger partial charge >= 0.3 is 6.18 Å². The van der Waals surface area contributed by atoms with E-state index in [1.807, 2.05) is 0 Å². The number of rotatable bonds is 2. The highest BCUT2D eigenvalue weighted by molar-refractivity contribution is 6.03. The summed E-state index contributed by atoms with van der Waals surface area (Å²) in [6, 6.07) is 3.48. The van der Waals surface area contributed by atoms with Crippen molar-refractivity contribution in [2.75, 3.05) is 5.32 Å². The molecular formula is C12H7F4N3O. The van der Waals surface area contributed by atoms with Gasteiger partial charge in [0, 0.05) is 18.0 Å². The van der Waals surface area contributed by atoms with Gasteiger partial charge in [-0.25, -0.2) is 14.4 Å². The number of benzene rings is 1. The molecule has 104 valence electrons. The summed E-state index contributed by atoms with van der Waals surface area (Å²) >= 11 is 0. The maximum absolute atomic E-state index is 13.1. The number of nitrogens with one attached hydrogen (secondary N) is 1. The largest absolute Gasteiger partial charge is 0.419 e. The second-order valence-corrected chi connectivity index (χ2v) is 3.72. The summed E-state index contributed by atoms with van der Waals surface area (Å²) < 4.78 is 50.6. The molecule has 0 saturated carbocycles. The monoisotopic (exact) mass is 285 g/mol. The molecule has 0 unspecified atom stereocenters. The molecule has 0 radical (unpaired) electrons. The van der Waals surface area contributed by atoms with Gasteiger partial charge in [-0.15, -0.1) is 0 Å². The average Bonchev–Trinajstić information content (AvgIpc) is 2.39. The zero-order chi connectivity index (χ0) is 14.8. The number of hydrogen-bond donors (Lipinski definition) is 1. The van der Waals surface area contributed by atoms with Gasteiger partial charge < -0.3 is 0 Å². The Labute approximate surface area is 110 Å². The normalized spacial score (nSPS) is 11.2. The first kappa shape index (κ1) is 13.9. The Bertz CT molecular complexity index is 628. The predicted octanol–water partition coefficient (Wildman–Crippen LogP) is 2.89. The van der Waals surface area contributed by atoms with E-state index in [9.17, 15) is 22.4 Å². The van der Waals surface area contributed by atoms with Crippen LogP contribution >= 0.6 is 0 Å². The molecule has 2 aromatic rings. The summed E-state index contributed by atoms with van der Waals surface area (Å²) in [6.07, 6.45) is -2.16. The highest BCUT2D eigenvalue weighted by atomic mass is 19.4. The summed E-state index contributed by atoms with van der Waals surface area (Å²) in [4.78, 5) is 19.1. The van der Waals surface area contributed by atoms with Gasteiger partial charge in [0.25, 0.3) is 5.91 Å². The lowest BCUT2D eigenvalue weighted by Crippen LogP contribution is -2.16. The third kappa shape index (κ3) is 3.08. The molecule has 0 aliphatic rings. The van der Waals surface area contributed by atoms with Gasteiger partial charge in [-0.2, -0.15) is 13.2 Å². The molecule has 20 heavy (non-hydrogen) atoms. The second kappa shape index (κ2) is 5.24. The molecule has 1 N–H and O–H groups in total. The van der Waals surface area contributed by atoms with Crippen LogP contribution in [0, 0.1) is 5.82 Å². The molecule has 1 aromatic heterocycles. The summed E-state index contributed by atoms with van der Waals surface area (Å²) in [7, 11) is 0. The van der Waals surface area contributed by atoms with Gasteiger partial charge in [0.2, 0.25) is 5.95 Å². The third-order valence-electron chi connectivity index (χ3n) is 2.33. The van der Waals surface area contributed by atoms with Crippen molar-refractivity contribution in [1.82, 2.24) is 9.97 Å². The van der Waals surface area contributed by atoms with Crippen LogP contribution in [0.5, 0.6) is 0 Å². The number of aromatic nitrogens is 2. The number of nitrogens with zero attached hydrogens (tertiary/aromatic N) is 2. The van der Waals surface area contributed by atoms with Crippen molar-refractivity contribution in [2.24, 2.45) is 0 Å². The van der Waals surface area contributed by atoms with Gasteiger partial charge in [0.1, 0.15) is 5.82 Å². The van der Waals surface area contributed by atoms with Crippen LogP contribution in [0.1, 0.15) is 15.9 Å². The molecule has 0 aliphatic carbocycles. The number of alkyl halides is 3. The van der Waals surface area contributed by atoms with Gasteiger partial charge in [-0.1, -0.05) is 0 Å². The smallest absolute Gasteiger partial charge is 0.290 e. The van der Waals surface area contributed by atoms with Crippen LogP contribution in [0.15, 0.2) is 36.7 Å². The van der Waals surface area contributed by atoms with Gasteiger partial charge in [0.05, 0.1) is 5.56 Å². The Hall–Kier alpha value is -2.51. The number of carbonyl (C=O) groups excluding carboxylic acids is 1.